The van der Waals surface area contributed by atoms with Crippen LogP contribution in [0.25, 0.3) is 12.3 Å². The van der Waals surface area contributed by atoms with Gasteiger partial charge in [0.25, 0.3) is 0 Å². The smallest absolute Gasteiger partial charge is 0.122 e. The zero-order valence-electron chi connectivity index (χ0n) is 7.97. The Hall–Kier alpha value is -0.660. The molecule has 0 saturated carbocycles. The van der Waals surface area contributed by atoms with Crippen LogP contribution in [0.2, 0.25) is 10.0 Å². The molecule has 0 bridgehead atoms. The van der Waals surface area contributed by atoms with Crippen LogP contribution in [-0.4, -0.2) is 5.60 Å². The second kappa shape index (κ2) is 3.18. The van der Waals surface area contributed by atoms with Gasteiger partial charge in [0.1, 0.15) is 5.60 Å². The molecular formula is C11H10Cl2O. The molecule has 0 aliphatic carbocycles. The fourth-order valence-corrected chi connectivity index (χ4v) is 2.02. The van der Waals surface area contributed by atoms with Crippen molar-refractivity contribution in [3.63, 3.8) is 0 Å². The molecule has 3 heteroatoms. The van der Waals surface area contributed by atoms with E-state index in [9.17, 15) is 0 Å². The van der Waals surface area contributed by atoms with E-state index in [1.54, 1.807) is 12.3 Å². The van der Waals surface area contributed by atoms with Crippen molar-refractivity contribution in [3.05, 3.63) is 32.6 Å². The van der Waals surface area contributed by atoms with E-state index < -0.39 is 0 Å². The van der Waals surface area contributed by atoms with Gasteiger partial charge in [0.2, 0.25) is 0 Å². The minimum Gasteiger partial charge on any atom is -0.491 e. The molecule has 1 aliphatic heterocycles. The molecular weight excluding hydrogens is 219 g/mol. The van der Waals surface area contributed by atoms with Crippen molar-refractivity contribution in [2.24, 2.45) is 0 Å². The van der Waals surface area contributed by atoms with E-state index in [4.69, 9.17) is 27.9 Å². The van der Waals surface area contributed by atoms with E-state index in [-0.39, 0.29) is 5.60 Å². The molecule has 1 heterocycles. The van der Waals surface area contributed by atoms with Gasteiger partial charge in [-0.2, -0.15) is 0 Å². The first-order valence-electron chi connectivity index (χ1n) is 4.34. The largest absolute Gasteiger partial charge is 0.491 e. The Morgan fingerprint density at radius 1 is 1.21 bits per heavy atom. The highest BCUT2D eigenvalue weighted by molar-refractivity contribution is 6.34. The molecule has 1 aliphatic rings. The molecule has 0 radical (unpaired) electrons. The van der Waals surface area contributed by atoms with Crippen molar-refractivity contribution in [2.45, 2.75) is 19.4 Å². The SMILES string of the molecule is CC1(C)C=c2c(Cl)cc(Cl)cc2=CO1. The van der Waals surface area contributed by atoms with E-state index in [0.29, 0.717) is 10.0 Å². The van der Waals surface area contributed by atoms with Crippen LogP contribution >= 0.6 is 23.2 Å². The third-order valence-electron chi connectivity index (χ3n) is 2.11. The van der Waals surface area contributed by atoms with Crippen molar-refractivity contribution in [3.8, 4) is 0 Å². The first-order chi connectivity index (χ1) is 6.48. The lowest BCUT2D eigenvalue weighted by atomic mass is 10.0. The number of fused-ring (bicyclic) bond motifs is 1. The molecule has 1 aromatic carbocycles. The fraction of sp³-hybridized carbons (Fsp3) is 0.273. The second-order valence-corrected chi connectivity index (χ2v) is 4.72. The van der Waals surface area contributed by atoms with Gasteiger partial charge < -0.3 is 4.74 Å². The third-order valence-corrected chi connectivity index (χ3v) is 2.64. The van der Waals surface area contributed by atoms with Crippen LogP contribution in [-0.2, 0) is 4.74 Å². The molecule has 14 heavy (non-hydrogen) atoms. The number of rotatable bonds is 0. The van der Waals surface area contributed by atoms with Crippen LogP contribution in [0.4, 0.5) is 0 Å². The van der Waals surface area contributed by atoms with Crippen LogP contribution in [0.5, 0.6) is 0 Å². The summed E-state index contributed by atoms with van der Waals surface area (Å²) in [7, 11) is 0. The molecule has 0 N–H and O–H groups in total. The first-order valence-corrected chi connectivity index (χ1v) is 5.09. The van der Waals surface area contributed by atoms with Gasteiger partial charge in [-0.1, -0.05) is 23.2 Å². The zero-order chi connectivity index (χ0) is 10.3. The first kappa shape index (κ1) is 9.88. The quantitative estimate of drug-likeness (QED) is 0.663. The molecule has 0 unspecified atom stereocenters. The highest BCUT2D eigenvalue weighted by Crippen LogP contribution is 2.16. The Kier molecular flexibility index (Phi) is 2.24. The van der Waals surface area contributed by atoms with Gasteiger partial charge >= 0.3 is 0 Å². The Balaban J connectivity index is 2.80. The molecule has 0 saturated heterocycles. The van der Waals surface area contributed by atoms with E-state index in [2.05, 4.69) is 0 Å². The van der Waals surface area contributed by atoms with E-state index in [0.717, 1.165) is 10.4 Å². The van der Waals surface area contributed by atoms with Gasteiger partial charge in [-0.15, -0.1) is 0 Å². The molecule has 0 fully saturated rings. The molecule has 74 valence electrons. The maximum atomic E-state index is 6.08. The summed E-state index contributed by atoms with van der Waals surface area (Å²) in [4.78, 5) is 0. The number of hydrogen-bond acceptors (Lipinski definition) is 1. The maximum Gasteiger partial charge on any atom is 0.122 e. The molecule has 0 aromatic heterocycles. The monoisotopic (exact) mass is 228 g/mol. The summed E-state index contributed by atoms with van der Waals surface area (Å²) in [6, 6.07) is 3.59. The minimum atomic E-state index is -0.301. The van der Waals surface area contributed by atoms with Gasteiger partial charge in [-0.3, -0.25) is 0 Å². The van der Waals surface area contributed by atoms with Crippen molar-refractivity contribution in [1.29, 1.82) is 0 Å². The highest BCUT2D eigenvalue weighted by atomic mass is 35.5. The average molecular weight is 229 g/mol. The average Bonchev–Trinajstić information content (AvgIpc) is 2.06. The standard InChI is InChI=1S/C11H10Cl2O/c1-11(2)5-9-7(6-14-11)3-8(12)4-10(9)13/h3-6H,1-2H3. The summed E-state index contributed by atoms with van der Waals surface area (Å²) >= 11 is 12.0. The maximum absolute atomic E-state index is 6.08. The van der Waals surface area contributed by atoms with E-state index in [1.165, 1.54) is 0 Å². The fourth-order valence-electron chi connectivity index (χ4n) is 1.45. The van der Waals surface area contributed by atoms with Crippen LogP contribution in [0.15, 0.2) is 12.1 Å². The summed E-state index contributed by atoms with van der Waals surface area (Å²) in [6.45, 7) is 3.97. The van der Waals surface area contributed by atoms with Crippen LogP contribution < -0.4 is 10.4 Å². The predicted molar refractivity (Wildman–Crippen MR) is 59.8 cm³/mol. The Labute approximate surface area is 92.6 Å². The summed E-state index contributed by atoms with van der Waals surface area (Å²) < 4.78 is 5.50. The molecule has 0 atom stereocenters. The minimum absolute atomic E-state index is 0.301. The van der Waals surface area contributed by atoms with Crippen LogP contribution in [0.3, 0.4) is 0 Å². The van der Waals surface area contributed by atoms with Gasteiger partial charge in [-0.25, -0.2) is 0 Å². The number of benzene rings is 1. The predicted octanol–water partition coefficient (Wildman–Crippen LogP) is 2.32. The number of ether oxygens (including phenoxy) is 1. The number of hydrogen-bond donors (Lipinski definition) is 0. The molecule has 1 nitrogen and oxygen atoms in total. The van der Waals surface area contributed by atoms with Gasteiger partial charge in [0.15, 0.2) is 0 Å². The van der Waals surface area contributed by atoms with Crippen molar-refractivity contribution >= 4 is 35.5 Å². The van der Waals surface area contributed by atoms with E-state index >= 15 is 0 Å². The van der Waals surface area contributed by atoms with Gasteiger partial charge in [-0.05, 0) is 32.1 Å². The topological polar surface area (TPSA) is 9.23 Å². The normalized spacial score (nSPS) is 17.4. The van der Waals surface area contributed by atoms with Crippen molar-refractivity contribution < 1.29 is 4.74 Å². The van der Waals surface area contributed by atoms with Gasteiger partial charge in [0.05, 0.1) is 6.26 Å². The summed E-state index contributed by atoms with van der Waals surface area (Å²) in [5.74, 6) is 0. The lowest BCUT2D eigenvalue weighted by Gasteiger charge is -2.23. The van der Waals surface area contributed by atoms with Gasteiger partial charge in [0, 0.05) is 20.5 Å². The lowest BCUT2D eigenvalue weighted by molar-refractivity contribution is 0.151. The lowest BCUT2D eigenvalue weighted by Crippen LogP contribution is -2.36. The molecule has 1 aromatic rings. The summed E-state index contributed by atoms with van der Waals surface area (Å²) in [5.41, 5.74) is -0.301. The second-order valence-electron chi connectivity index (χ2n) is 3.87. The van der Waals surface area contributed by atoms with Crippen LogP contribution in [0.1, 0.15) is 13.8 Å². The van der Waals surface area contributed by atoms with Crippen molar-refractivity contribution in [2.75, 3.05) is 0 Å². The Morgan fingerprint density at radius 2 is 1.93 bits per heavy atom. The van der Waals surface area contributed by atoms with Crippen LogP contribution in [0, 0.1) is 0 Å². The molecule has 0 spiro atoms. The number of halogens is 2. The summed E-state index contributed by atoms with van der Waals surface area (Å²) in [6.07, 6.45) is 3.70. The Bertz CT molecular complexity index is 489. The third kappa shape index (κ3) is 1.75. The highest BCUT2D eigenvalue weighted by Gasteiger charge is 2.17. The molecule has 2 rings (SSSR count). The Morgan fingerprint density at radius 3 is 2.64 bits per heavy atom. The van der Waals surface area contributed by atoms with Crippen molar-refractivity contribution in [1.82, 2.24) is 0 Å². The molecule has 0 amide bonds. The summed E-state index contributed by atoms with van der Waals surface area (Å²) in [5, 5.41) is 3.22. The van der Waals surface area contributed by atoms with E-state index in [1.807, 2.05) is 26.0 Å². The zero-order valence-corrected chi connectivity index (χ0v) is 9.49.